The van der Waals surface area contributed by atoms with Gasteiger partial charge in [-0.3, -0.25) is 14.2 Å². The Bertz CT molecular complexity index is 820. The number of carbonyl (C=O) groups excluding carboxylic acids is 1. The van der Waals surface area contributed by atoms with Crippen molar-refractivity contribution in [3.63, 3.8) is 0 Å². The van der Waals surface area contributed by atoms with Gasteiger partial charge in [0.2, 0.25) is 0 Å². The number of hydrogen-bond donors (Lipinski definition) is 1. The van der Waals surface area contributed by atoms with Crippen LogP contribution >= 0.6 is 0 Å². The molecule has 0 radical (unpaired) electrons. The summed E-state index contributed by atoms with van der Waals surface area (Å²) in [6, 6.07) is 7.09. The van der Waals surface area contributed by atoms with Crippen molar-refractivity contribution >= 4 is 11.6 Å². The number of hydrogen-bond acceptors (Lipinski definition) is 3. The quantitative estimate of drug-likeness (QED) is 0.880. The number of anilines is 1. The number of ketones is 1. The van der Waals surface area contributed by atoms with Gasteiger partial charge in [0.05, 0.1) is 5.56 Å². The van der Waals surface area contributed by atoms with Crippen LogP contribution in [0.4, 0.5) is 10.2 Å². The van der Waals surface area contributed by atoms with Crippen molar-refractivity contribution < 1.29 is 9.18 Å². The van der Waals surface area contributed by atoms with Gasteiger partial charge in [-0.05, 0) is 36.1 Å². The molecule has 5 heteroatoms. The molecule has 0 unspecified atom stereocenters. The number of Topliss-reactive ketones (excluding diaryl/α,β-unsaturated/α-hetero) is 1. The molecule has 0 atom stereocenters. The van der Waals surface area contributed by atoms with E-state index in [0.717, 1.165) is 0 Å². The van der Waals surface area contributed by atoms with Gasteiger partial charge >= 0.3 is 0 Å². The Morgan fingerprint density at radius 2 is 1.77 bits per heavy atom. The van der Waals surface area contributed by atoms with Gasteiger partial charge in [-0.2, -0.15) is 0 Å². The van der Waals surface area contributed by atoms with E-state index in [-0.39, 0.29) is 33.8 Å². The van der Waals surface area contributed by atoms with E-state index in [2.05, 4.69) is 0 Å². The maximum atomic E-state index is 13.1. The van der Waals surface area contributed by atoms with Gasteiger partial charge in [0.1, 0.15) is 11.6 Å². The van der Waals surface area contributed by atoms with Gasteiger partial charge in [0, 0.05) is 23.9 Å². The zero-order chi connectivity index (χ0) is 16.1. The van der Waals surface area contributed by atoms with Gasteiger partial charge in [-0.25, -0.2) is 4.39 Å². The SMILES string of the molecule is CC1(C)CC(=O)c2c(n(-c3ccc(F)cc3)c(N)cc2=O)C1. The molecule has 0 aliphatic heterocycles. The number of nitrogen functional groups attached to an aromatic ring is 1. The zero-order valence-corrected chi connectivity index (χ0v) is 12.5. The van der Waals surface area contributed by atoms with Crippen molar-refractivity contribution in [2.75, 3.05) is 5.73 Å². The highest BCUT2D eigenvalue weighted by molar-refractivity contribution is 5.99. The third kappa shape index (κ3) is 2.32. The molecule has 0 amide bonds. The first-order valence-corrected chi connectivity index (χ1v) is 7.12. The lowest BCUT2D eigenvalue weighted by atomic mass is 9.75. The van der Waals surface area contributed by atoms with E-state index < -0.39 is 0 Å². The number of benzene rings is 1. The molecule has 1 aromatic carbocycles. The average molecular weight is 300 g/mol. The minimum Gasteiger partial charge on any atom is -0.385 e. The topological polar surface area (TPSA) is 65.1 Å². The van der Waals surface area contributed by atoms with Gasteiger partial charge in [0.25, 0.3) is 0 Å². The van der Waals surface area contributed by atoms with Crippen LogP contribution in [0.3, 0.4) is 0 Å². The molecule has 1 aliphatic carbocycles. The number of nitrogens with zero attached hydrogens (tertiary/aromatic N) is 1. The van der Waals surface area contributed by atoms with Crippen LogP contribution in [0.1, 0.15) is 36.3 Å². The molecule has 1 aliphatic rings. The maximum Gasteiger partial charge on any atom is 0.194 e. The molecular weight excluding hydrogens is 283 g/mol. The number of aromatic nitrogens is 1. The third-order valence-corrected chi connectivity index (χ3v) is 3.99. The Kier molecular flexibility index (Phi) is 3.16. The molecule has 0 saturated carbocycles. The Hall–Kier alpha value is -2.43. The number of halogens is 1. The lowest BCUT2D eigenvalue weighted by Gasteiger charge is -2.32. The van der Waals surface area contributed by atoms with Crippen LogP contribution in [0.25, 0.3) is 5.69 Å². The van der Waals surface area contributed by atoms with E-state index in [9.17, 15) is 14.0 Å². The van der Waals surface area contributed by atoms with E-state index in [4.69, 9.17) is 5.73 Å². The summed E-state index contributed by atoms with van der Waals surface area (Å²) < 4.78 is 14.8. The predicted molar refractivity (Wildman–Crippen MR) is 82.8 cm³/mol. The molecule has 1 heterocycles. The van der Waals surface area contributed by atoms with E-state index in [1.165, 1.54) is 18.2 Å². The normalized spacial score (nSPS) is 16.4. The lowest BCUT2D eigenvalue weighted by Crippen LogP contribution is -2.35. The molecule has 0 spiro atoms. The number of pyridine rings is 1. The smallest absolute Gasteiger partial charge is 0.194 e. The number of rotatable bonds is 1. The Balaban J connectivity index is 2.32. The summed E-state index contributed by atoms with van der Waals surface area (Å²) in [4.78, 5) is 24.5. The van der Waals surface area contributed by atoms with Gasteiger partial charge in [0.15, 0.2) is 11.2 Å². The van der Waals surface area contributed by atoms with E-state index >= 15 is 0 Å². The molecule has 22 heavy (non-hydrogen) atoms. The Labute approximate surface area is 127 Å². The zero-order valence-electron chi connectivity index (χ0n) is 12.5. The fourth-order valence-electron chi connectivity index (χ4n) is 3.08. The highest BCUT2D eigenvalue weighted by atomic mass is 19.1. The summed E-state index contributed by atoms with van der Waals surface area (Å²) in [6.45, 7) is 3.97. The summed E-state index contributed by atoms with van der Waals surface area (Å²) in [5.41, 5.74) is 6.88. The van der Waals surface area contributed by atoms with Crippen molar-refractivity contribution in [2.24, 2.45) is 5.41 Å². The molecule has 0 saturated heterocycles. The second-order valence-corrected chi connectivity index (χ2v) is 6.51. The lowest BCUT2D eigenvalue weighted by molar-refractivity contribution is 0.0908. The summed E-state index contributed by atoms with van der Waals surface area (Å²) in [5, 5.41) is 0. The second kappa shape index (κ2) is 4.80. The Morgan fingerprint density at radius 3 is 2.41 bits per heavy atom. The van der Waals surface area contributed by atoms with Gasteiger partial charge in [-0.1, -0.05) is 13.8 Å². The first kappa shape index (κ1) is 14.5. The molecule has 1 aromatic heterocycles. The molecular formula is C17H17FN2O2. The molecule has 0 bridgehead atoms. The van der Waals surface area contributed by atoms with Crippen LogP contribution < -0.4 is 11.2 Å². The van der Waals surface area contributed by atoms with Crippen molar-refractivity contribution in [1.82, 2.24) is 4.57 Å². The maximum absolute atomic E-state index is 13.1. The van der Waals surface area contributed by atoms with Crippen LogP contribution in [0.5, 0.6) is 0 Å². The largest absolute Gasteiger partial charge is 0.385 e. The standard InChI is InChI=1S/C17H17FN2O2/c1-17(2)8-12-16(14(22)9-17)13(21)7-15(19)20(12)11-5-3-10(18)4-6-11/h3-7H,8-9,19H2,1-2H3. The summed E-state index contributed by atoms with van der Waals surface area (Å²) in [6.07, 6.45) is 0.897. The summed E-state index contributed by atoms with van der Waals surface area (Å²) >= 11 is 0. The van der Waals surface area contributed by atoms with Gasteiger partial charge in [-0.15, -0.1) is 0 Å². The minimum absolute atomic E-state index is 0.160. The van der Waals surface area contributed by atoms with Crippen molar-refractivity contribution in [2.45, 2.75) is 26.7 Å². The van der Waals surface area contributed by atoms with Crippen molar-refractivity contribution in [3.8, 4) is 5.69 Å². The first-order chi connectivity index (χ1) is 10.3. The predicted octanol–water partition coefficient (Wildman–Crippen LogP) is 2.71. The molecule has 2 N–H and O–H groups in total. The fourth-order valence-corrected chi connectivity index (χ4v) is 3.08. The Morgan fingerprint density at radius 1 is 1.14 bits per heavy atom. The minimum atomic E-state index is -0.353. The van der Waals surface area contributed by atoms with Crippen LogP contribution in [0, 0.1) is 11.2 Å². The average Bonchev–Trinajstić information content (AvgIpc) is 2.38. The number of fused-ring (bicyclic) bond motifs is 1. The van der Waals surface area contributed by atoms with Crippen LogP contribution in [0.2, 0.25) is 0 Å². The summed E-state index contributed by atoms with van der Waals surface area (Å²) in [5.74, 6) is -0.262. The second-order valence-electron chi connectivity index (χ2n) is 6.51. The molecule has 114 valence electrons. The summed E-state index contributed by atoms with van der Waals surface area (Å²) in [7, 11) is 0. The number of nitrogens with two attached hydrogens (primary N) is 1. The highest BCUT2D eigenvalue weighted by Crippen LogP contribution is 2.35. The van der Waals surface area contributed by atoms with Gasteiger partial charge < -0.3 is 5.73 Å². The fraction of sp³-hybridized carbons (Fsp3) is 0.294. The molecule has 2 aromatic rings. The molecule has 0 fully saturated rings. The molecule has 3 rings (SSSR count). The van der Waals surface area contributed by atoms with Crippen LogP contribution in [0.15, 0.2) is 35.1 Å². The third-order valence-electron chi connectivity index (χ3n) is 3.99. The highest BCUT2D eigenvalue weighted by Gasteiger charge is 2.35. The van der Waals surface area contributed by atoms with E-state index in [1.54, 1.807) is 16.7 Å². The first-order valence-electron chi connectivity index (χ1n) is 7.12. The van der Waals surface area contributed by atoms with Crippen LogP contribution in [-0.2, 0) is 6.42 Å². The van der Waals surface area contributed by atoms with Crippen molar-refractivity contribution in [3.05, 3.63) is 57.6 Å². The van der Waals surface area contributed by atoms with E-state index in [1.807, 2.05) is 13.8 Å². The molecule has 4 nitrogen and oxygen atoms in total. The van der Waals surface area contributed by atoms with Crippen LogP contribution in [-0.4, -0.2) is 10.4 Å². The number of carbonyl (C=O) groups is 1. The van der Waals surface area contributed by atoms with Crippen molar-refractivity contribution in [1.29, 1.82) is 0 Å². The van der Waals surface area contributed by atoms with E-state index in [0.29, 0.717) is 24.2 Å². The monoisotopic (exact) mass is 300 g/mol.